The zero-order chi connectivity index (χ0) is 14.8. The molecule has 3 rings (SSSR count). The van der Waals surface area contributed by atoms with E-state index < -0.39 is 0 Å². The van der Waals surface area contributed by atoms with Crippen molar-refractivity contribution in [3.05, 3.63) is 70.0 Å². The SMILES string of the molecule is O=C(Cc1cc(Cl)ccc1Cl)c1ccc2nccnc2c1. The largest absolute Gasteiger partial charge is 0.294 e. The van der Waals surface area contributed by atoms with Crippen LogP contribution < -0.4 is 0 Å². The lowest BCUT2D eigenvalue weighted by atomic mass is 10.0. The van der Waals surface area contributed by atoms with E-state index in [-0.39, 0.29) is 12.2 Å². The van der Waals surface area contributed by atoms with Gasteiger partial charge in [0.25, 0.3) is 0 Å². The van der Waals surface area contributed by atoms with Gasteiger partial charge in [-0.25, -0.2) is 0 Å². The molecule has 0 saturated carbocycles. The Hall–Kier alpha value is -1.97. The average molecular weight is 317 g/mol. The lowest BCUT2D eigenvalue weighted by Gasteiger charge is -2.05. The van der Waals surface area contributed by atoms with Crippen LogP contribution in [0.3, 0.4) is 0 Å². The fourth-order valence-corrected chi connectivity index (χ4v) is 2.47. The molecule has 0 N–H and O–H groups in total. The molecular weight excluding hydrogens is 307 g/mol. The Labute approximate surface area is 131 Å². The molecule has 0 fully saturated rings. The van der Waals surface area contributed by atoms with Crippen molar-refractivity contribution in [1.29, 1.82) is 0 Å². The van der Waals surface area contributed by atoms with E-state index in [0.717, 1.165) is 5.52 Å². The molecule has 1 heterocycles. The molecule has 2 aromatic carbocycles. The van der Waals surface area contributed by atoms with E-state index in [1.54, 1.807) is 48.8 Å². The van der Waals surface area contributed by atoms with Crippen LogP contribution in [0.15, 0.2) is 48.8 Å². The minimum Gasteiger partial charge on any atom is -0.294 e. The predicted octanol–water partition coefficient (Wildman–Crippen LogP) is 4.36. The van der Waals surface area contributed by atoms with E-state index in [4.69, 9.17) is 23.2 Å². The summed E-state index contributed by atoms with van der Waals surface area (Å²) < 4.78 is 0. The van der Waals surface area contributed by atoms with Crippen LogP contribution in [0.5, 0.6) is 0 Å². The molecule has 3 nitrogen and oxygen atoms in total. The minimum atomic E-state index is -0.0354. The molecule has 0 aliphatic carbocycles. The third kappa shape index (κ3) is 3.04. The number of aromatic nitrogens is 2. The van der Waals surface area contributed by atoms with Gasteiger partial charge >= 0.3 is 0 Å². The van der Waals surface area contributed by atoms with Crippen LogP contribution in [0, 0.1) is 0 Å². The second kappa shape index (κ2) is 5.80. The Kier molecular flexibility index (Phi) is 3.86. The summed E-state index contributed by atoms with van der Waals surface area (Å²) in [7, 11) is 0. The number of hydrogen-bond acceptors (Lipinski definition) is 3. The number of rotatable bonds is 3. The molecule has 0 saturated heterocycles. The van der Waals surface area contributed by atoms with Crippen LogP contribution in [0.4, 0.5) is 0 Å². The van der Waals surface area contributed by atoms with Crippen molar-refractivity contribution in [2.75, 3.05) is 0 Å². The number of fused-ring (bicyclic) bond motifs is 1. The molecule has 3 aromatic rings. The maximum Gasteiger partial charge on any atom is 0.167 e. The fourth-order valence-electron chi connectivity index (χ4n) is 2.09. The molecule has 1 aromatic heterocycles. The van der Waals surface area contributed by atoms with Crippen LogP contribution in [0.2, 0.25) is 10.0 Å². The summed E-state index contributed by atoms with van der Waals surface area (Å²) in [6.07, 6.45) is 3.42. The summed E-state index contributed by atoms with van der Waals surface area (Å²) >= 11 is 12.0. The number of hydrogen-bond donors (Lipinski definition) is 0. The van der Waals surface area contributed by atoms with Gasteiger partial charge in [-0.2, -0.15) is 0 Å². The molecule has 21 heavy (non-hydrogen) atoms. The van der Waals surface area contributed by atoms with Crippen LogP contribution in [-0.4, -0.2) is 15.8 Å². The standard InChI is InChI=1S/C16H10Cl2N2O/c17-12-2-3-13(18)11(7-12)9-16(21)10-1-4-14-15(8-10)20-6-5-19-14/h1-8H,9H2. The average Bonchev–Trinajstić information content (AvgIpc) is 2.50. The second-order valence-electron chi connectivity index (χ2n) is 4.60. The quantitative estimate of drug-likeness (QED) is 0.674. The van der Waals surface area contributed by atoms with E-state index in [1.807, 2.05) is 0 Å². The Balaban J connectivity index is 1.91. The van der Waals surface area contributed by atoms with E-state index >= 15 is 0 Å². The molecule has 0 aliphatic rings. The van der Waals surface area contributed by atoms with Gasteiger partial charge in [0.05, 0.1) is 11.0 Å². The summed E-state index contributed by atoms with van der Waals surface area (Å²) in [5, 5.41) is 1.10. The molecule has 0 radical (unpaired) electrons. The van der Waals surface area contributed by atoms with Gasteiger partial charge in [-0.1, -0.05) is 23.2 Å². The highest BCUT2D eigenvalue weighted by atomic mass is 35.5. The third-order valence-electron chi connectivity index (χ3n) is 3.15. The van der Waals surface area contributed by atoms with E-state index in [9.17, 15) is 4.79 Å². The van der Waals surface area contributed by atoms with Gasteiger partial charge in [0.15, 0.2) is 5.78 Å². The van der Waals surface area contributed by atoms with Crippen LogP contribution in [-0.2, 0) is 6.42 Å². The highest BCUT2D eigenvalue weighted by molar-refractivity contribution is 6.33. The van der Waals surface area contributed by atoms with Crippen molar-refractivity contribution in [2.45, 2.75) is 6.42 Å². The van der Waals surface area contributed by atoms with Crippen LogP contribution >= 0.6 is 23.2 Å². The third-order valence-corrected chi connectivity index (χ3v) is 3.75. The fraction of sp³-hybridized carbons (Fsp3) is 0.0625. The summed E-state index contributed by atoms with van der Waals surface area (Å²) in [5.41, 5.74) is 2.75. The molecule has 0 amide bonds. The van der Waals surface area contributed by atoms with Gasteiger partial charge in [-0.3, -0.25) is 14.8 Å². The number of Topliss-reactive ketones (excluding diaryl/α,β-unsaturated/α-hetero) is 1. The van der Waals surface area contributed by atoms with E-state index in [2.05, 4.69) is 9.97 Å². The number of carbonyl (C=O) groups is 1. The second-order valence-corrected chi connectivity index (χ2v) is 5.44. The van der Waals surface area contributed by atoms with E-state index in [0.29, 0.717) is 26.7 Å². The van der Waals surface area contributed by atoms with Crippen molar-refractivity contribution in [2.24, 2.45) is 0 Å². The van der Waals surface area contributed by atoms with Crippen molar-refractivity contribution < 1.29 is 4.79 Å². The molecule has 0 aliphatic heterocycles. The number of carbonyl (C=O) groups excluding carboxylic acids is 1. The molecule has 0 bridgehead atoms. The lowest BCUT2D eigenvalue weighted by molar-refractivity contribution is 0.0993. The maximum atomic E-state index is 12.4. The van der Waals surface area contributed by atoms with Crippen molar-refractivity contribution in [3.63, 3.8) is 0 Å². The van der Waals surface area contributed by atoms with Crippen molar-refractivity contribution in [1.82, 2.24) is 9.97 Å². The predicted molar refractivity (Wildman–Crippen MR) is 84.0 cm³/mol. The van der Waals surface area contributed by atoms with Crippen LogP contribution in [0.25, 0.3) is 11.0 Å². The van der Waals surface area contributed by atoms with Gasteiger partial charge < -0.3 is 0 Å². The number of nitrogens with zero attached hydrogens (tertiary/aromatic N) is 2. The Morgan fingerprint density at radius 3 is 2.52 bits per heavy atom. The topological polar surface area (TPSA) is 42.9 Å². The Morgan fingerprint density at radius 1 is 0.952 bits per heavy atom. The molecule has 104 valence electrons. The number of benzene rings is 2. The van der Waals surface area contributed by atoms with Crippen molar-refractivity contribution >= 4 is 40.0 Å². The van der Waals surface area contributed by atoms with E-state index in [1.165, 1.54) is 0 Å². The molecule has 0 atom stereocenters. The minimum absolute atomic E-state index is 0.0354. The molecular formula is C16H10Cl2N2O. The maximum absolute atomic E-state index is 12.4. The zero-order valence-corrected chi connectivity index (χ0v) is 12.4. The first-order chi connectivity index (χ1) is 10.1. The smallest absolute Gasteiger partial charge is 0.167 e. The number of halogens is 2. The first-order valence-electron chi connectivity index (χ1n) is 6.31. The molecule has 5 heteroatoms. The van der Waals surface area contributed by atoms with Gasteiger partial charge in [0, 0.05) is 34.4 Å². The first kappa shape index (κ1) is 14.0. The summed E-state index contributed by atoms with van der Waals surface area (Å²) in [4.78, 5) is 20.8. The summed E-state index contributed by atoms with van der Waals surface area (Å²) in [5.74, 6) is -0.0354. The Morgan fingerprint density at radius 2 is 1.71 bits per heavy atom. The van der Waals surface area contributed by atoms with Gasteiger partial charge in [-0.05, 0) is 42.0 Å². The zero-order valence-electron chi connectivity index (χ0n) is 10.9. The van der Waals surface area contributed by atoms with Crippen LogP contribution in [0.1, 0.15) is 15.9 Å². The summed E-state index contributed by atoms with van der Waals surface area (Å²) in [6, 6.07) is 10.4. The normalized spacial score (nSPS) is 10.8. The van der Waals surface area contributed by atoms with Gasteiger partial charge in [0.2, 0.25) is 0 Å². The Bertz CT molecular complexity index is 833. The first-order valence-corrected chi connectivity index (χ1v) is 7.07. The van der Waals surface area contributed by atoms with Gasteiger partial charge in [-0.15, -0.1) is 0 Å². The highest BCUT2D eigenvalue weighted by Gasteiger charge is 2.11. The molecule has 0 spiro atoms. The van der Waals surface area contributed by atoms with Gasteiger partial charge in [0.1, 0.15) is 0 Å². The van der Waals surface area contributed by atoms with Crippen molar-refractivity contribution in [3.8, 4) is 0 Å². The monoisotopic (exact) mass is 316 g/mol. The lowest BCUT2D eigenvalue weighted by Crippen LogP contribution is -2.04. The summed E-state index contributed by atoms with van der Waals surface area (Å²) in [6.45, 7) is 0. The number of ketones is 1. The molecule has 0 unspecified atom stereocenters. The highest BCUT2D eigenvalue weighted by Crippen LogP contribution is 2.22.